The molecule has 0 spiro atoms. The Labute approximate surface area is 158 Å². The predicted octanol–water partition coefficient (Wildman–Crippen LogP) is 5.34. The van der Waals surface area contributed by atoms with Gasteiger partial charge in [-0.15, -0.1) is 4.36 Å². The molecule has 1 amide bonds. The summed E-state index contributed by atoms with van der Waals surface area (Å²) in [5.41, 5.74) is 1.83. The predicted molar refractivity (Wildman–Crippen MR) is 106 cm³/mol. The number of nitrogens with zero attached hydrogens (tertiary/aromatic N) is 1. The molecule has 0 bridgehead atoms. The summed E-state index contributed by atoms with van der Waals surface area (Å²) in [6, 6.07) is 22.5. The molecule has 0 aliphatic carbocycles. The average Bonchev–Trinajstić information content (AvgIpc) is 2.65. The maximum Gasteiger partial charge on any atom is 0.286 e. The molecule has 0 radical (unpaired) electrons. The van der Waals surface area contributed by atoms with Gasteiger partial charge in [0.2, 0.25) is 0 Å². The molecule has 3 aromatic rings. The fourth-order valence-electron chi connectivity index (χ4n) is 2.30. The van der Waals surface area contributed by atoms with E-state index < -0.39 is 15.8 Å². The highest BCUT2D eigenvalue weighted by molar-refractivity contribution is 7.95. The van der Waals surface area contributed by atoms with E-state index in [1.165, 1.54) is 0 Å². The van der Waals surface area contributed by atoms with E-state index in [0.717, 1.165) is 5.56 Å². The first kappa shape index (κ1) is 18.2. The minimum Gasteiger partial charge on any atom is -0.293 e. The molecule has 0 fully saturated rings. The van der Waals surface area contributed by atoms with Crippen LogP contribution in [0.2, 0.25) is 5.02 Å². The Morgan fingerprint density at radius 2 is 1.54 bits per heavy atom. The van der Waals surface area contributed by atoms with E-state index in [2.05, 4.69) is 9.08 Å². The summed E-state index contributed by atoms with van der Waals surface area (Å²) >= 11 is 6.18. The highest BCUT2D eigenvalue weighted by atomic mass is 35.5. The number of amides is 1. The average molecular weight is 385 g/mol. The number of aryl methyl sites for hydroxylation is 1. The number of halogens is 1. The summed E-state index contributed by atoms with van der Waals surface area (Å²) in [4.78, 5) is 13.0. The molecule has 26 heavy (non-hydrogen) atoms. The summed E-state index contributed by atoms with van der Waals surface area (Å²) in [6.45, 7) is 1.93. The van der Waals surface area contributed by atoms with E-state index in [1.807, 2.05) is 19.1 Å². The van der Waals surface area contributed by atoms with Gasteiger partial charge in [-0.1, -0.05) is 59.6 Å². The van der Waals surface area contributed by atoms with Gasteiger partial charge in [0, 0.05) is 5.56 Å². The highest BCUT2D eigenvalue weighted by Gasteiger charge is 2.17. The van der Waals surface area contributed by atoms with Gasteiger partial charge in [0.1, 0.15) is 0 Å². The van der Waals surface area contributed by atoms with E-state index >= 15 is 0 Å². The summed E-state index contributed by atoms with van der Waals surface area (Å²) < 4.78 is 20.5. The zero-order chi connectivity index (χ0) is 18.6. The van der Waals surface area contributed by atoms with Crippen LogP contribution in [0.5, 0.6) is 0 Å². The second-order valence-electron chi connectivity index (χ2n) is 5.68. The van der Waals surface area contributed by atoms with Crippen LogP contribution in [0.3, 0.4) is 0 Å². The lowest BCUT2D eigenvalue weighted by Crippen LogP contribution is -2.15. The Morgan fingerprint density at radius 1 is 0.923 bits per heavy atom. The number of benzene rings is 3. The van der Waals surface area contributed by atoms with Gasteiger partial charge in [0.05, 0.1) is 15.6 Å². The third-order valence-electron chi connectivity index (χ3n) is 3.69. The summed E-state index contributed by atoms with van der Waals surface area (Å²) in [5, 5.41) is 0.398. The minimum absolute atomic E-state index is 0.369. The van der Waals surface area contributed by atoms with Crippen molar-refractivity contribution in [3.05, 3.63) is 95.0 Å². The van der Waals surface area contributed by atoms with Crippen molar-refractivity contribution in [2.24, 2.45) is 4.36 Å². The van der Waals surface area contributed by atoms with E-state index in [4.69, 9.17) is 11.6 Å². The standard InChI is InChI=1S/C20H17ClN2O2S/c1-15-11-13-17(14-12-15)26(25,22-19-10-6-5-9-18(19)21)23-20(24)16-7-3-2-4-8-16/h2-14H,1H3,(H,22,23,24,25). The molecule has 1 unspecified atom stereocenters. The van der Waals surface area contributed by atoms with Crippen LogP contribution in [0.1, 0.15) is 15.9 Å². The molecule has 0 heterocycles. The summed E-state index contributed by atoms with van der Waals surface area (Å²) in [7, 11) is -3.27. The molecule has 6 heteroatoms. The Bertz CT molecular complexity index is 1040. The molecule has 0 saturated carbocycles. The van der Waals surface area contributed by atoms with Crippen molar-refractivity contribution in [2.45, 2.75) is 11.8 Å². The number of hydrogen-bond donors (Lipinski definition) is 1. The smallest absolute Gasteiger partial charge is 0.286 e. The lowest BCUT2D eigenvalue weighted by molar-refractivity contribution is 0.100. The molecule has 0 aromatic heterocycles. The second-order valence-corrected chi connectivity index (χ2v) is 8.00. The minimum atomic E-state index is -3.27. The molecule has 3 aromatic carbocycles. The lowest BCUT2D eigenvalue weighted by atomic mass is 10.2. The molecule has 0 saturated heterocycles. The van der Waals surface area contributed by atoms with Crippen molar-refractivity contribution in [1.29, 1.82) is 0 Å². The van der Waals surface area contributed by atoms with Crippen LogP contribution in [0.25, 0.3) is 0 Å². The normalized spacial score (nSPS) is 12.8. The van der Waals surface area contributed by atoms with Crippen molar-refractivity contribution >= 4 is 33.1 Å². The van der Waals surface area contributed by atoms with Crippen LogP contribution < -0.4 is 4.72 Å². The quantitative estimate of drug-likeness (QED) is 0.659. The molecule has 1 N–H and O–H groups in total. The first-order valence-corrected chi connectivity index (χ1v) is 9.83. The highest BCUT2D eigenvalue weighted by Crippen LogP contribution is 2.25. The molecule has 132 valence electrons. The fourth-order valence-corrected chi connectivity index (χ4v) is 4.13. The van der Waals surface area contributed by atoms with E-state index in [9.17, 15) is 9.00 Å². The van der Waals surface area contributed by atoms with Crippen molar-refractivity contribution in [3.63, 3.8) is 0 Å². The van der Waals surface area contributed by atoms with Crippen molar-refractivity contribution in [1.82, 2.24) is 0 Å². The fraction of sp³-hybridized carbons (Fsp3) is 0.0500. The van der Waals surface area contributed by atoms with Crippen molar-refractivity contribution in [2.75, 3.05) is 4.72 Å². The molecule has 0 aliphatic rings. The van der Waals surface area contributed by atoms with Gasteiger partial charge in [-0.2, -0.15) is 0 Å². The monoisotopic (exact) mass is 384 g/mol. The number of para-hydroxylation sites is 1. The third kappa shape index (κ3) is 4.12. The molecular formula is C20H17ClN2O2S. The van der Waals surface area contributed by atoms with Gasteiger partial charge >= 0.3 is 0 Å². The van der Waals surface area contributed by atoms with Gasteiger partial charge < -0.3 is 0 Å². The number of rotatable bonds is 4. The Morgan fingerprint density at radius 3 is 2.19 bits per heavy atom. The number of anilines is 1. The Balaban J connectivity index is 2.11. The zero-order valence-corrected chi connectivity index (χ0v) is 15.6. The van der Waals surface area contributed by atoms with Crippen molar-refractivity contribution < 1.29 is 9.00 Å². The maximum atomic E-state index is 13.6. The Hall–Kier alpha value is -2.63. The molecule has 3 rings (SSSR count). The molecule has 1 atom stereocenters. The van der Waals surface area contributed by atoms with Crippen LogP contribution in [0.15, 0.2) is 88.1 Å². The first-order chi connectivity index (χ1) is 12.5. The summed E-state index contributed by atoms with van der Waals surface area (Å²) in [6.07, 6.45) is 0. The Kier molecular flexibility index (Phi) is 5.40. The van der Waals surface area contributed by atoms with Crippen LogP contribution in [0, 0.1) is 6.92 Å². The second kappa shape index (κ2) is 7.72. The third-order valence-corrected chi connectivity index (χ3v) is 5.86. The van der Waals surface area contributed by atoms with Crippen molar-refractivity contribution in [3.8, 4) is 0 Å². The van der Waals surface area contributed by atoms with Gasteiger partial charge in [-0.05, 0) is 43.3 Å². The van der Waals surface area contributed by atoms with Gasteiger partial charge in [-0.25, -0.2) is 4.21 Å². The topological polar surface area (TPSA) is 58.5 Å². The lowest BCUT2D eigenvalue weighted by Gasteiger charge is -2.14. The van der Waals surface area contributed by atoms with Crippen LogP contribution in [-0.2, 0) is 9.92 Å². The van der Waals surface area contributed by atoms with Crippen LogP contribution in [-0.4, -0.2) is 10.1 Å². The van der Waals surface area contributed by atoms with Gasteiger partial charge in [-0.3, -0.25) is 9.52 Å². The first-order valence-electron chi connectivity index (χ1n) is 7.93. The van der Waals surface area contributed by atoms with Crippen LogP contribution >= 0.6 is 11.6 Å². The number of carbonyl (C=O) groups is 1. The maximum absolute atomic E-state index is 13.6. The van der Waals surface area contributed by atoms with E-state index in [1.54, 1.807) is 66.7 Å². The number of hydrogen-bond acceptors (Lipinski definition) is 2. The largest absolute Gasteiger partial charge is 0.293 e. The molecule has 4 nitrogen and oxygen atoms in total. The van der Waals surface area contributed by atoms with E-state index in [0.29, 0.717) is 21.2 Å². The number of nitrogens with one attached hydrogen (secondary N) is 1. The zero-order valence-electron chi connectivity index (χ0n) is 14.1. The molecular weight excluding hydrogens is 368 g/mol. The van der Waals surface area contributed by atoms with E-state index in [-0.39, 0.29) is 0 Å². The summed E-state index contributed by atoms with van der Waals surface area (Å²) in [5.74, 6) is -0.560. The molecule has 0 aliphatic heterocycles. The van der Waals surface area contributed by atoms with Gasteiger partial charge in [0.25, 0.3) is 5.91 Å². The number of carbonyl (C=O) groups excluding carboxylic acids is 1. The van der Waals surface area contributed by atoms with Gasteiger partial charge in [0.15, 0.2) is 9.92 Å². The van der Waals surface area contributed by atoms with Crippen LogP contribution in [0.4, 0.5) is 5.69 Å². The SMILES string of the molecule is Cc1ccc(S(=O)(=NC(=O)c2ccccc2)Nc2ccccc2Cl)cc1.